The smallest absolute Gasteiger partial charge is 0.0464 e. The second kappa shape index (κ2) is 5.88. The van der Waals surface area contributed by atoms with Crippen LogP contribution in [0.5, 0.6) is 0 Å². The largest absolute Gasteiger partial charge is 0.324 e. The van der Waals surface area contributed by atoms with E-state index in [0.29, 0.717) is 5.92 Å². The van der Waals surface area contributed by atoms with Crippen LogP contribution in [0.1, 0.15) is 38.3 Å². The highest BCUT2D eigenvalue weighted by Gasteiger charge is 2.10. The summed E-state index contributed by atoms with van der Waals surface area (Å²) in [7, 11) is 0. The topological polar surface area (TPSA) is 26.0 Å². The maximum absolute atomic E-state index is 6.13. The summed E-state index contributed by atoms with van der Waals surface area (Å²) in [6.45, 7) is 4.41. The van der Waals surface area contributed by atoms with E-state index in [1.165, 1.54) is 0 Å². The van der Waals surface area contributed by atoms with E-state index in [9.17, 15) is 0 Å². The maximum Gasteiger partial charge on any atom is 0.0464 e. The van der Waals surface area contributed by atoms with Crippen molar-refractivity contribution in [2.45, 2.75) is 32.7 Å². The minimum atomic E-state index is 0.0491. The number of halogens is 2. The molecule has 2 N–H and O–H groups in total. The second-order valence-corrected chi connectivity index (χ2v) is 5.57. The molecular weight excluding hydrogens is 273 g/mol. The van der Waals surface area contributed by atoms with Crippen molar-refractivity contribution in [3.05, 3.63) is 33.3 Å². The average molecular weight is 291 g/mol. The Morgan fingerprint density at radius 1 is 1.33 bits per heavy atom. The van der Waals surface area contributed by atoms with Gasteiger partial charge < -0.3 is 5.73 Å². The maximum atomic E-state index is 6.13. The van der Waals surface area contributed by atoms with Crippen LogP contribution in [-0.4, -0.2) is 0 Å². The molecule has 3 heteroatoms. The van der Waals surface area contributed by atoms with Gasteiger partial charge in [-0.1, -0.05) is 47.4 Å². The molecule has 1 rings (SSSR count). The summed E-state index contributed by atoms with van der Waals surface area (Å²) in [4.78, 5) is 0. The number of rotatable bonds is 4. The van der Waals surface area contributed by atoms with Crippen molar-refractivity contribution < 1.29 is 0 Å². The molecule has 0 heterocycles. The molecule has 1 nitrogen and oxygen atoms in total. The molecule has 0 aliphatic rings. The van der Waals surface area contributed by atoms with Gasteiger partial charge >= 0.3 is 0 Å². The lowest BCUT2D eigenvalue weighted by atomic mass is 9.98. The first-order valence-corrected chi connectivity index (χ1v) is 6.38. The van der Waals surface area contributed by atoms with Crippen LogP contribution in [0.15, 0.2) is 22.7 Å². The fraction of sp³-hybridized carbons (Fsp3) is 0.500. The van der Waals surface area contributed by atoms with Crippen LogP contribution >= 0.6 is 27.5 Å². The third-order valence-corrected chi connectivity index (χ3v) is 3.24. The van der Waals surface area contributed by atoms with E-state index in [-0.39, 0.29) is 6.04 Å². The van der Waals surface area contributed by atoms with E-state index >= 15 is 0 Å². The molecule has 0 amide bonds. The Morgan fingerprint density at radius 2 is 2.00 bits per heavy atom. The molecule has 0 radical (unpaired) electrons. The summed E-state index contributed by atoms with van der Waals surface area (Å²) in [6, 6.07) is 5.92. The fourth-order valence-electron chi connectivity index (χ4n) is 1.47. The highest BCUT2D eigenvalue weighted by atomic mass is 79.9. The molecule has 0 unspecified atom stereocenters. The van der Waals surface area contributed by atoms with Gasteiger partial charge in [0.25, 0.3) is 0 Å². The highest BCUT2D eigenvalue weighted by molar-refractivity contribution is 9.10. The lowest BCUT2D eigenvalue weighted by Crippen LogP contribution is -2.11. The van der Waals surface area contributed by atoms with Crippen LogP contribution < -0.4 is 5.73 Å². The van der Waals surface area contributed by atoms with Gasteiger partial charge in [-0.15, -0.1) is 0 Å². The molecule has 15 heavy (non-hydrogen) atoms. The predicted octanol–water partition coefficient (Wildman–Crippen LogP) is 4.54. The summed E-state index contributed by atoms with van der Waals surface area (Å²) in [5, 5.41) is 0.751. The van der Waals surface area contributed by atoms with Gasteiger partial charge in [0.15, 0.2) is 0 Å². The molecule has 1 atom stereocenters. The molecule has 0 saturated carbocycles. The first kappa shape index (κ1) is 13.0. The molecule has 0 spiro atoms. The summed E-state index contributed by atoms with van der Waals surface area (Å²) in [5.74, 6) is 0.685. The van der Waals surface area contributed by atoms with Gasteiger partial charge in [-0.3, -0.25) is 0 Å². The van der Waals surface area contributed by atoms with Gasteiger partial charge in [0, 0.05) is 15.5 Å². The Kier molecular flexibility index (Phi) is 5.10. The number of hydrogen-bond acceptors (Lipinski definition) is 1. The molecule has 0 fully saturated rings. The molecule has 0 bridgehead atoms. The van der Waals surface area contributed by atoms with Crippen molar-refractivity contribution >= 4 is 27.5 Å². The lowest BCUT2D eigenvalue weighted by Gasteiger charge is -2.15. The van der Waals surface area contributed by atoms with Crippen LogP contribution in [-0.2, 0) is 0 Å². The number of nitrogens with two attached hydrogens (primary N) is 1. The van der Waals surface area contributed by atoms with Crippen LogP contribution in [0.4, 0.5) is 0 Å². The zero-order valence-corrected chi connectivity index (χ0v) is 11.5. The molecular formula is C12H17BrClN. The van der Waals surface area contributed by atoms with E-state index in [4.69, 9.17) is 17.3 Å². The summed E-state index contributed by atoms with van der Waals surface area (Å²) >= 11 is 9.51. The highest BCUT2D eigenvalue weighted by Crippen LogP contribution is 2.28. The minimum Gasteiger partial charge on any atom is -0.324 e. The standard InChI is InChI=1S/C12H17BrClN/c1-8(2)3-6-12(15)10-5-4-9(13)7-11(10)14/h4-5,7-8,12H,3,6,15H2,1-2H3/t12-/m0/s1. The van der Waals surface area contributed by atoms with Gasteiger partial charge in [0.05, 0.1) is 0 Å². The van der Waals surface area contributed by atoms with Gasteiger partial charge in [-0.2, -0.15) is 0 Å². The normalized spacial score (nSPS) is 13.2. The van der Waals surface area contributed by atoms with Crippen molar-refractivity contribution in [3.8, 4) is 0 Å². The van der Waals surface area contributed by atoms with Crippen LogP contribution in [0.25, 0.3) is 0 Å². The van der Waals surface area contributed by atoms with Crippen LogP contribution in [0.2, 0.25) is 5.02 Å². The lowest BCUT2D eigenvalue weighted by molar-refractivity contribution is 0.507. The minimum absolute atomic E-state index is 0.0491. The van der Waals surface area contributed by atoms with Crippen molar-refractivity contribution in [2.75, 3.05) is 0 Å². The summed E-state index contributed by atoms with van der Waals surface area (Å²) < 4.78 is 0.993. The quantitative estimate of drug-likeness (QED) is 0.865. The zero-order chi connectivity index (χ0) is 11.4. The Bertz CT molecular complexity index is 325. The molecule has 84 valence electrons. The van der Waals surface area contributed by atoms with Crippen molar-refractivity contribution in [3.63, 3.8) is 0 Å². The Labute approximate surface area is 105 Å². The van der Waals surface area contributed by atoms with E-state index < -0.39 is 0 Å². The second-order valence-electron chi connectivity index (χ2n) is 4.24. The van der Waals surface area contributed by atoms with E-state index in [2.05, 4.69) is 29.8 Å². The van der Waals surface area contributed by atoms with E-state index in [1.54, 1.807) is 0 Å². The molecule has 0 aliphatic carbocycles. The van der Waals surface area contributed by atoms with Gasteiger partial charge in [-0.25, -0.2) is 0 Å². The molecule has 1 aromatic rings. The Balaban J connectivity index is 2.69. The third-order valence-electron chi connectivity index (χ3n) is 2.42. The van der Waals surface area contributed by atoms with E-state index in [0.717, 1.165) is 27.9 Å². The van der Waals surface area contributed by atoms with Gasteiger partial charge in [-0.05, 0) is 36.5 Å². The summed E-state index contributed by atoms with van der Waals surface area (Å²) in [5.41, 5.74) is 7.14. The summed E-state index contributed by atoms with van der Waals surface area (Å²) in [6.07, 6.45) is 2.12. The van der Waals surface area contributed by atoms with Crippen molar-refractivity contribution in [1.29, 1.82) is 0 Å². The monoisotopic (exact) mass is 289 g/mol. The fourth-order valence-corrected chi connectivity index (χ4v) is 2.28. The van der Waals surface area contributed by atoms with Gasteiger partial charge in [0.2, 0.25) is 0 Å². The zero-order valence-electron chi connectivity index (χ0n) is 9.13. The SMILES string of the molecule is CC(C)CC[C@H](N)c1ccc(Br)cc1Cl. The van der Waals surface area contributed by atoms with Gasteiger partial charge in [0.1, 0.15) is 0 Å². The molecule has 0 aliphatic heterocycles. The molecule has 0 saturated heterocycles. The Morgan fingerprint density at radius 3 is 2.53 bits per heavy atom. The van der Waals surface area contributed by atoms with Crippen LogP contribution in [0, 0.1) is 5.92 Å². The predicted molar refractivity (Wildman–Crippen MR) is 70.2 cm³/mol. The van der Waals surface area contributed by atoms with E-state index in [1.807, 2.05) is 18.2 Å². The third kappa shape index (κ3) is 4.13. The van der Waals surface area contributed by atoms with Crippen molar-refractivity contribution in [2.24, 2.45) is 11.7 Å². The average Bonchev–Trinajstić information content (AvgIpc) is 2.14. The first-order valence-electron chi connectivity index (χ1n) is 5.21. The Hall–Kier alpha value is -0.0500. The molecule has 0 aromatic heterocycles. The number of benzene rings is 1. The van der Waals surface area contributed by atoms with Crippen molar-refractivity contribution in [1.82, 2.24) is 0 Å². The molecule has 1 aromatic carbocycles. The first-order chi connectivity index (χ1) is 7.00. The van der Waals surface area contributed by atoms with Crippen LogP contribution in [0.3, 0.4) is 0 Å². The number of hydrogen-bond donors (Lipinski definition) is 1.